The predicted octanol–water partition coefficient (Wildman–Crippen LogP) is 1.69. The minimum Gasteiger partial charge on any atom is -0.383 e. The van der Waals surface area contributed by atoms with Crippen molar-refractivity contribution in [1.29, 1.82) is 0 Å². The van der Waals surface area contributed by atoms with Gasteiger partial charge in [0, 0.05) is 44.1 Å². The number of H-pyrrole nitrogens is 1. The summed E-state index contributed by atoms with van der Waals surface area (Å²) < 4.78 is 5.17. The number of hydrogen-bond donors (Lipinski definition) is 1. The van der Waals surface area contributed by atoms with Crippen molar-refractivity contribution >= 4 is 0 Å². The van der Waals surface area contributed by atoms with Crippen molar-refractivity contribution < 1.29 is 4.74 Å². The first-order valence-electron chi connectivity index (χ1n) is 7.39. The first kappa shape index (κ1) is 14.2. The fourth-order valence-corrected chi connectivity index (χ4v) is 2.83. The van der Waals surface area contributed by atoms with Gasteiger partial charge in [0.05, 0.1) is 30.4 Å². The lowest BCUT2D eigenvalue weighted by atomic mass is 9.95. The Bertz CT molecular complexity index is 557. The summed E-state index contributed by atoms with van der Waals surface area (Å²) in [5, 5.41) is 6.79. The molecule has 1 saturated heterocycles. The second-order valence-electron chi connectivity index (χ2n) is 5.45. The fraction of sp³-hybridized carbons (Fsp3) is 0.533. The lowest BCUT2D eigenvalue weighted by Crippen LogP contribution is -2.36. The average molecular weight is 287 g/mol. The molecule has 0 bridgehead atoms. The number of nitrogens with one attached hydrogen (secondary N) is 1. The maximum atomic E-state index is 5.17. The van der Waals surface area contributed by atoms with E-state index in [4.69, 9.17) is 9.72 Å². The average Bonchev–Trinajstić information content (AvgIpc) is 3.08. The van der Waals surface area contributed by atoms with Gasteiger partial charge in [0.25, 0.3) is 0 Å². The zero-order valence-electron chi connectivity index (χ0n) is 12.3. The molecule has 6 heteroatoms. The summed E-state index contributed by atoms with van der Waals surface area (Å²) in [4.78, 5) is 11.6. The zero-order chi connectivity index (χ0) is 14.5. The van der Waals surface area contributed by atoms with Gasteiger partial charge in [0.15, 0.2) is 0 Å². The summed E-state index contributed by atoms with van der Waals surface area (Å²) in [6.07, 6.45) is 9.69. The molecule has 3 heterocycles. The van der Waals surface area contributed by atoms with Crippen LogP contribution in [0.15, 0.2) is 24.8 Å². The van der Waals surface area contributed by atoms with Gasteiger partial charge in [-0.25, -0.2) is 4.98 Å². The molecule has 3 rings (SSSR count). The fourth-order valence-electron chi connectivity index (χ4n) is 2.83. The number of likely N-dealkylation sites (tertiary alicyclic amines) is 1. The van der Waals surface area contributed by atoms with E-state index in [1.54, 1.807) is 19.5 Å². The summed E-state index contributed by atoms with van der Waals surface area (Å²) in [6, 6.07) is 0. The molecule has 0 radical (unpaired) electrons. The van der Waals surface area contributed by atoms with Crippen LogP contribution in [0.2, 0.25) is 0 Å². The van der Waals surface area contributed by atoms with Crippen LogP contribution in [0.3, 0.4) is 0 Å². The van der Waals surface area contributed by atoms with E-state index in [1.165, 1.54) is 12.8 Å². The second-order valence-corrected chi connectivity index (χ2v) is 5.45. The van der Waals surface area contributed by atoms with E-state index < -0.39 is 0 Å². The molecule has 1 fully saturated rings. The van der Waals surface area contributed by atoms with Crippen molar-refractivity contribution in [2.45, 2.75) is 18.8 Å². The molecule has 0 aromatic carbocycles. The van der Waals surface area contributed by atoms with Crippen LogP contribution >= 0.6 is 0 Å². The van der Waals surface area contributed by atoms with E-state index in [0.29, 0.717) is 5.92 Å². The van der Waals surface area contributed by atoms with Crippen molar-refractivity contribution in [2.24, 2.45) is 0 Å². The van der Waals surface area contributed by atoms with E-state index in [0.717, 1.165) is 43.2 Å². The molecule has 0 spiro atoms. The Morgan fingerprint density at radius 1 is 1.38 bits per heavy atom. The van der Waals surface area contributed by atoms with Crippen molar-refractivity contribution in [3.8, 4) is 11.3 Å². The number of rotatable bonds is 5. The maximum absolute atomic E-state index is 5.17. The first-order valence-corrected chi connectivity index (χ1v) is 7.39. The standard InChI is InChI=1S/C15H21N5O/c1-21-6-5-20-4-2-3-12(11-20)14-9-16-10-15(19-14)13-7-17-18-8-13/h7-10,12H,2-6,11H2,1H3,(H,17,18)/t12-/m0/s1. The monoisotopic (exact) mass is 287 g/mol. The molecule has 6 nitrogen and oxygen atoms in total. The van der Waals surface area contributed by atoms with E-state index in [9.17, 15) is 0 Å². The van der Waals surface area contributed by atoms with Crippen LogP contribution in [0.1, 0.15) is 24.5 Å². The Hall–Kier alpha value is -1.79. The molecular weight excluding hydrogens is 266 g/mol. The molecule has 1 aliphatic rings. The number of aromatic amines is 1. The van der Waals surface area contributed by atoms with Gasteiger partial charge in [-0.2, -0.15) is 5.10 Å². The predicted molar refractivity (Wildman–Crippen MR) is 79.9 cm³/mol. The van der Waals surface area contributed by atoms with E-state index in [-0.39, 0.29) is 0 Å². The number of hydrogen-bond acceptors (Lipinski definition) is 5. The summed E-state index contributed by atoms with van der Waals surface area (Å²) in [6.45, 7) is 3.96. The van der Waals surface area contributed by atoms with Crippen LogP contribution < -0.4 is 0 Å². The minimum atomic E-state index is 0.454. The third-order valence-corrected chi connectivity index (χ3v) is 3.98. The smallest absolute Gasteiger partial charge is 0.0920 e. The van der Waals surface area contributed by atoms with Crippen LogP contribution in [0.4, 0.5) is 0 Å². The number of piperidine rings is 1. The number of nitrogens with zero attached hydrogens (tertiary/aromatic N) is 4. The van der Waals surface area contributed by atoms with Gasteiger partial charge in [-0.15, -0.1) is 0 Å². The van der Waals surface area contributed by atoms with Crippen molar-refractivity contribution in [3.63, 3.8) is 0 Å². The molecule has 1 aliphatic heterocycles. The van der Waals surface area contributed by atoms with Gasteiger partial charge in [-0.05, 0) is 19.4 Å². The van der Waals surface area contributed by atoms with Crippen molar-refractivity contribution in [2.75, 3.05) is 33.4 Å². The summed E-state index contributed by atoms with van der Waals surface area (Å²) in [5.74, 6) is 0.454. The van der Waals surface area contributed by atoms with Gasteiger partial charge < -0.3 is 9.64 Å². The molecule has 0 unspecified atom stereocenters. The van der Waals surface area contributed by atoms with Crippen LogP contribution in [-0.2, 0) is 4.74 Å². The van der Waals surface area contributed by atoms with Gasteiger partial charge in [0.1, 0.15) is 0 Å². The lowest BCUT2D eigenvalue weighted by molar-refractivity contribution is 0.127. The molecule has 0 aliphatic carbocycles. The van der Waals surface area contributed by atoms with E-state index >= 15 is 0 Å². The third-order valence-electron chi connectivity index (χ3n) is 3.98. The molecule has 1 N–H and O–H groups in total. The van der Waals surface area contributed by atoms with Gasteiger partial charge >= 0.3 is 0 Å². The summed E-state index contributed by atoms with van der Waals surface area (Å²) in [5.41, 5.74) is 2.95. The summed E-state index contributed by atoms with van der Waals surface area (Å²) >= 11 is 0. The highest BCUT2D eigenvalue weighted by Gasteiger charge is 2.22. The Balaban J connectivity index is 1.72. The van der Waals surface area contributed by atoms with Gasteiger partial charge in [-0.1, -0.05) is 0 Å². The number of aromatic nitrogens is 4. The molecule has 2 aromatic heterocycles. The minimum absolute atomic E-state index is 0.454. The van der Waals surface area contributed by atoms with Crippen LogP contribution in [0.25, 0.3) is 11.3 Å². The molecule has 21 heavy (non-hydrogen) atoms. The highest BCUT2D eigenvalue weighted by atomic mass is 16.5. The molecule has 1 atom stereocenters. The topological polar surface area (TPSA) is 66.9 Å². The summed E-state index contributed by atoms with van der Waals surface area (Å²) in [7, 11) is 1.75. The van der Waals surface area contributed by atoms with Gasteiger partial charge in [-0.3, -0.25) is 10.1 Å². The zero-order valence-corrected chi connectivity index (χ0v) is 12.3. The van der Waals surface area contributed by atoms with Crippen LogP contribution in [0, 0.1) is 0 Å². The molecule has 0 amide bonds. The highest BCUT2D eigenvalue weighted by molar-refractivity contribution is 5.55. The Labute approximate surface area is 124 Å². The lowest BCUT2D eigenvalue weighted by Gasteiger charge is -2.32. The Morgan fingerprint density at radius 2 is 2.33 bits per heavy atom. The molecule has 0 saturated carbocycles. The quantitative estimate of drug-likeness (QED) is 0.906. The Morgan fingerprint density at radius 3 is 3.14 bits per heavy atom. The van der Waals surface area contributed by atoms with E-state index in [2.05, 4.69) is 20.1 Å². The molecular formula is C15H21N5O. The molecule has 112 valence electrons. The maximum Gasteiger partial charge on any atom is 0.0920 e. The van der Waals surface area contributed by atoms with E-state index in [1.807, 2.05) is 12.4 Å². The Kier molecular flexibility index (Phi) is 4.57. The van der Waals surface area contributed by atoms with Crippen molar-refractivity contribution in [1.82, 2.24) is 25.1 Å². The normalized spacial score (nSPS) is 19.8. The number of ether oxygens (including phenoxy) is 1. The van der Waals surface area contributed by atoms with Crippen LogP contribution in [0.5, 0.6) is 0 Å². The SMILES string of the molecule is COCCN1CCC[C@H](c2cncc(-c3cn[nH]c3)n2)C1. The molecule has 2 aromatic rings. The first-order chi connectivity index (χ1) is 10.4. The highest BCUT2D eigenvalue weighted by Crippen LogP contribution is 2.26. The van der Waals surface area contributed by atoms with Gasteiger partial charge in [0.2, 0.25) is 0 Å². The third kappa shape index (κ3) is 3.46. The van der Waals surface area contributed by atoms with Crippen molar-refractivity contribution in [3.05, 3.63) is 30.5 Å². The largest absolute Gasteiger partial charge is 0.383 e. The second kappa shape index (κ2) is 6.78. The number of methoxy groups -OCH3 is 1. The van der Waals surface area contributed by atoms with Crippen LogP contribution in [-0.4, -0.2) is 58.4 Å².